The SMILES string of the molecule is O=S(=O)(N[C@H]1CCNC1)c1cnc[nH]1. The van der Waals surface area contributed by atoms with Crippen LogP contribution in [0.1, 0.15) is 6.42 Å². The maximum Gasteiger partial charge on any atom is 0.257 e. The van der Waals surface area contributed by atoms with Crippen LogP contribution in [0.4, 0.5) is 0 Å². The minimum atomic E-state index is -3.41. The summed E-state index contributed by atoms with van der Waals surface area (Å²) in [4.78, 5) is 6.24. The van der Waals surface area contributed by atoms with Gasteiger partial charge in [-0.2, -0.15) is 0 Å². The number of H-pyrrole nitrogens is 1. The fourth-order valence-corrected chi connectivity index (χ4v) is 2.60. The zero-order chi connectivity index (χ0) is 10.0. The predicted molar refractivity (Wildman–Crippen MR) is 50.2 cm³/mol. The molecule has 1 aromatic rings. The van der Waals surface area contributed by atoms with Crippen molar-refractivity contribution in [3.8, 4) is 0 Å². The number of aromatic nitrogens is 2. The van der Waals surface area contributed by atoms with Gasteiger partial charge in [0.05, 0.1) is 12.5 Å². The Hall–Kier alpha value is -0.920. The molecule has 1 atom stereocenters. The molecule has 1 saturated heterocycles. The fourth-order valence-electron chi connectivity index (χ4n) is 1.43. The van der Waals surface area contributed by atoms with Gasteiger partial charge in [-0.1, -0.05) is 0 Å². The summed E-state index contributed by atoms with van der Waals surface area (Å²) in [5.41, 5.74) is 0. The molecule has 7 heteroatoms. The Morgan fingerprint density at radius 1 is 1.57 bits per heavy atom. The van der Waals surface area contributed by atoms with Crippen LogP contribution in [0.25, 0.3) is 0 Å². The molecular weight excluding hydrogens is 204 g/mol. The van der Waals surface area contributed by atoms with Crippen LogP contribution in [0.5, 0.6) is 0 Å². The highest BCUT2D eigenvalue weighted by Gasteiger charge is 2.23. The molecule has 0 bridgehead atoms. The second-order valence-electron chi connectivity index (χ2n) is 3.23. The summed E-state index contributed by atoms with van der Waals surface area (Å²) < 4.78 is 25.9. The van der Waals surface area contributed by atoms with E-state index in [-0.39, 0.29) is 11.1 Å². The van der Waals surface area contributed by atoms with E-state index in [4.69, 9.17) is 0 Å². The number of aromatic amines is 1. The van der Waals surface area contributed by atoms with E-state index in [2.05, 4.69) is 20.0 Å². The van der Waals surface area contributed by atoms with Crippen molar-refractivity contribution >= 4 is 10.0 Å². The summed E-state index contributed by atoms with van der Waals surface area (Å²) in [6.07, 6.45) is 3.47. The number of rotatable bonds is 3. The van der Waals surface area contributed by atoms with Gasteiger partial charge >= 0.3 is 0 Å². The van der Waals surface area contributed by atoms with Crippen LogP contribution in [0, 0.1) is 0 Å². The summed E-state index contributed by atoms with van der Waals surface area (Å²) >= 11 is 0. The molecule has 2 rings (SSSR count). The van der Waals surface area contributed by atoms with E-state index in [0.717, 1.165) is 13.0 Å². The Labute approximate surface area is 82.2 Å². The molecule has 0 unspecified atom stereocenters. The molecule has 78 valence electrons. The minimum Gasteiger partial charge on any atom is -0.335 e. The van der Waals surface area contributed by atoms with Crippen LogP contribution in [0.15, 0.2) is 17.6 Å². The molecule has 14 heavy (non-hydrogen) atoms. The highest BCUT2D eigenvalue weighted by Crippen LogP contribution is 2.06. The summed E-state index contributed by atoms with van der Waals surface area (Å²) in [5.74, 6) is 0. The lowest BCUT2D eigenvalue weighted by Crippen LogP contribution is -2.36. The second kappa shape index (κ2) is 3.68. The van der Waals surface area contributed by atoms with E-state index in [1.54, 1.807) is 0 Å². The highest BCUT2D eigenvalue weighted by atomic mass is 32.2. The molecule has 1 aromatic heterocycles. The zero-order valence-corrected chi connectivity index (χ0v) is 8.34. The van der Waals surface area contributed by atoms with Crippen molar-refractivity contribution in [1.82, 2.24) is 20.0 Å². The molecule has 0 saturated carbocycles. The van der Waals surface area contributed by atoms with Crippen molar-refractivity contribution in [2.24, 2.45) is 0 Å². The number of imidazole rings is 1. The summed E-state index contributed by atoms with van der Waals surface area (Å²) in [7, 11) is -3.41. The Balaban J connectivity index is 2.09. The summed E-state index contributed by atoms with van der Waals surface area (Å²) in [6.45, 7) is 1.55. The van der Waals surface area contributed by atoms with Crippen LogP contribution in [-0.4, -0.2) is 37.5 Å². The van der Waals surface area contributed by atoms with Crippen molar-refractivity contribution < 1.29 is 8.42 Å². The Morgan fingerprint density at radius 2 is 2.43 bits per heavy atom. The van der Waals surface area contributed by atoms with Gasteiger partial charge < -0.3 is 10.3 Å². The van der Waals surface area contributed by atoms with Crippen LogP contribution >= 0.6 is 0 Å². The second-order valence-corrected chi connectivity index (χ2v) is 4.91. The van der Waals surface area contributed by atoms with E-state index in [1.807, 2.05) is 0 Å². The number of nitrogens with one attached hydrogen (secondary N) is 3. The molecule has 1 aliphatic heterocycles. The van der Waals surface area contributed by atoms with Gasteiger partial charge in [0.1, 0.15) is 0 Å². The molecule has 0 aromatic carbocycles. The predicted octanol–water partition coefficient (Wildman–Crippen LogP) is -0.950. The van der Waals surface area contributed by atoms with E-state index in [0.29, 0.717) is 6.54 Å². The van der Waals surface area contributed by atoms with Crippen molar-refractivity contribution in [3.63, 3.8) is 0 Å². The smallest absolute Gasteiger partial charge is 0.257 e. The molecule has 2 heterocycles. The quantitative estimate of drug-likeness (QED) is 0.608. The topological polar surface area (TPSA) is 86.9 Å². The average molecular weight is 216 g/mol. The third-order valence-electron chi connectivity index (χ3n) is 2.14. The maximum absolute atomic E-state index is 11.6. The Bertz CT molecular complexity index is 380. The van der Waals surface area contributed by atoms with E-state index < -0.39 is 10.0 Å². The van der Waals surface area contributed by atoms with Gasteiger partial charge in [-0.3, -0.25) is 0 Å². The number of hydrogen-bond donors (Lipinski definition) is 3. The standard InChI is InChI=1S/C7H12N4O2S/c12-14(13,7-4-9-5-10-7)11-6-1-2-8-3-6/h4-6,8,11H,1-3H2,(H,9,10)/t6-/m0/s1. The van der Waals surface area contributed by atoms with Crippen LogP contribution in [0.3, 0.4) is 0 Å². The first-order valence-electron chi connectivity index (χ1n) is 4.40. The maximum atomic E-state index is 11.6. The molecule has 3 N–H and O–H groups in total. The first-order chi connectivity index (χ1) is 6.68. The van der Waals surface area contributed by atoms with Crippen LogP contribution in [0.2, 0.25) is 0 Å². The third-order valence-corrected chi connectivity index (χ3v) is 3.59. The first kappa shape index (κ1) is 9.63. The highest BCUT2D eigenvalue weighted by molar-refractivity contribution is 7.89. The lowest BCUT2D eigenvalue weighted by atomic mass is 10.3. The van der Waals surface area contributed by atoms with Crippen LogP contribution < -0.4 is 10.0 Å². The number of hydrogen-bond acceptors (Lipinski definition) is 4. The third kappa shape index (κ3) is 1.94. The number of nitrogens with zero attached hydrogens (tertiary/aromatic N) is 1. The monoisotopic (exact) mass is 216 g/mol. The van der Waals surface area contributed by atoms with E-state index >= 15 is 0 Å². The lowest BCUT2D eigenvalue weighted by molar-refractivity contribution is 0.557. The van der Waals surface area contributed by atoms with E-state index in [9.17, 15) is 8.42 Å². The van der Waals surface area contributed by atoms with Gasteiger partial charge in [0, 0.05) is 12.6 Å². The summed E-state index contributed by atoms with van der Waals surface area (Å²) in [5, 5.41) is 3.20. The molecule has 0 spiro atoms. The van der Waals surface area contributed by atoms with E-state index in [1.165, 1.54) is 12.5 Å². The minimum absolute atomic E-state index is 0.0108. The molecule has 0 radical (unpaired) electrons. The molecule has 1 fully saturated rings. The van der Waals surface area contributed by atoms with Crippen molar-refractivity contribution in [3.05, 3.63) is 12.5 Å². The lowest BCUT2D eigenvalue weighted by Gasteiger charge is -2.09. The zero-order valence-electron chi connectivity index (χ0n) is 7.53. The van der Waals surface area contributed by atoms with Gasteiger partial charge in [0.2, 0.25) is 0 Å². The van der Waals surface area contributed by atoms with Gasteiger partial charge in [0.15, 0.2) is 5.03 Å². The van der Waals surface area contributed by atoms with Gasteiger partial charge in [0.25, 0.3) is 10.0 Å². The normalized spacial score (nSPS) is 22.7. The fraction of sp³-hybridized carbons (Fsp3) is 0.571. The van der Waals surface area contributed by atoms with Gasteiger partial charge in [-0.25, -0.2) is 18.1 Å². The van der Waals surface area contributed by atoms with Crippen molar-refractivity contribution in [1.29, 1.82) is 0 Å². The molecule has 0 aliphatic carbocycles. The molecule has 6 nitrogen and oxygen atoms in total. The summed E-state index contributed by atoms with van der Waals surface area (Å²) in [6, 6.07) is -0.0108. The average Bonchev–Trinajstić information content (AvgIpc) is 2.71. The van der Waals surface area contributed by atoms with Crippen molar-refractivity contribution in [2.45, 2.75) is 17.5 Å². The Kier molecular flexibility index (Phi) is 2.53. The Morgan fingerprint density at radius 3 is 3.00 bits per heavy atom. The van der Waals surface area contributed by atoms with Gasteiger partial charge in [-0.15, -0.1) is 0 Å². The molecule has 0 amide bonds. The molecule has 1 aliphatic rings. The first-order valence-corrected chi connectivity index (χ1v) is 5.88. The number of sulfonamides is 1. The largest absolute Gasteiger partial charge is 0.335 e. The van der Waals surface area contributed by atoms with Gasteiger partial charge in [-0.05, 0) is 13.0 Å². The van der Waals surface area contributed by atoms with Crippen molar-refractivity contribution in [2.75, 3.05) is 13.1 Å². The molecular formula is C7H12N4O2S. The van der Waals surface area contributed by atoms with Crippen LogP contribution in [-0.2, 0) is 10.0 Å².